The lowest BCUT2D eigenvalue weighted by Gasteiger charge is -2.45. The van der Waals surface area contributed by atoms with E-state index in [4.69, 9.17) is 0 Å². The fourth-order valence-electron chi connectivity index (χ4n) is 12.8. The highest BCUT2D eigenvalue weighted by atomic mass is 32.1. The zero-order chi connectivity index (χ0) is 50.9. The summed E-state index contributed by atoms with van der Waals surface area (Å²) in [6, 6.07) is 48.3. The molecule has 1 aliphatic carbocycles. The van der Waals surface area contributed by atoms with Gasteiger partial charge in [0.1, 0.15) is 0 Å². The molecular weight excluding hydrogens is 890 g/mol. The Morgan fingerprint density at radius 2 is 1.08 bits per heavy atom. The molecule has 0 radical (unpaired) electrons. The highest BCUT2D eigenvalue weighted by Gasteiger charge is 2.45. The van der Waals surface area contributed by atoms with Gasteiger partial charge in [-0.05, 0) is 170 Å². The number of aromatic nitrogens is 1. The molecule has 72 heavy (non-hydrogen) atoms. The van der Waals surface area contributed by atoms with Gasteiger partial charge in [-0.15, -0.1) is 11.3 Å². The summed E-state index contributed by atoms with van der Waals surface area (Å²) in [6.45, 7) is 38.0. The van der Waals surface area contributed by atoms with Crippen LogP contribution < -0.4 is 26.2 Å². The molecule has 0 bridgehead atoms. The number of aryl methyl sites for hydroxylation is 3. The highest BCUT2D eigenvalue weighted by molar-refractivity contribution is 7.26. The van der Waals surface area contributed by atoms with E-state index < -0.39 is 0 Å². The molecule has 0 amide bonds. The Morgan fingerprint density at radius 3 is 1.69 bits per heavy atom. The lowest BCUT2D eigenvalue weighted by atomic mass is 9.33. The summed E-state index contributed by atoms with van der Waals surface area (Å²) < 4.78 is 5.40. The zero-order valence-electron chi connectivity index (χ0n) is 45.8. The molecule has 4 heterocycles. The summed E-state index contributed by atoms with van der Waals surface area (Å²) in [5.41, 5.74) is 26.5. The van der Waals surface area contributed by atoms with Crippen molar-refractivity contribution in [3.05, 3.63) is 166 Å². The van der Waals surface area contributed by atoms with Crippen molar-refractivity contribution < 1.29 is 0 Å². The van der Waals surface area contributed by atoms with Gasteiger partial charge >= 0.3 is 0 Å². The third-order valence-corrected chi connectivity index (χ3v) is 18.4. The van der Waals surface area contributed by atoms with E-state index >= 15 is 0 Å². The van der Waals surface area contributed by atoms with E-state index in [1.165, 1.54) is 133 Å². The molecule has 3 aliphatic rings. The average molecular weight is 962 g/mol. The molecule has 3 nitrogen and oxygen atoms in total. The van der Waals surface area contributed by atoms with Crippen molar-refractivity contribution in [1.29, 1.82) is 0 Å². The van der Waals surface area contributed by atoms with E-state index in [9.17, 15) is 0 Å². The van der Waals surface area contributed by atoms with Gasteiger partial charge in [0.05, 0.1) is 15.7 Å². The Labute approximate surface area is 434 Å². The predicted molar refractivity (Wildman–Crippen MR) is 316 cm³/mol. The molecular formula is C67H72BN3S. The number of nitrogens with zero attached hydrogens (tertiary/aromatic N) is 3. The summed E-state index contributed by atoms with van der Waals surface area (Å²) in [5, 5.41) is 2.68. The van der Waals surface area contributed by atoms with Crippen molar-refractivity contribution in [3.63, 3.8) is 0 Å². The van der Waals surface area contributed by atoms with Gasteiger partial charge in [-0.1, -0.05) is 163 Å². The number of hydrogen-bond donors (Lipinski definition) is 0. The lowest BCUT2D eigenvalue weighted by molar-refractivity contribution is 0.332. The second-order valence-electron chi connectivity index (χ2n) is 26.3. The van der Waals surface area contributed by atoms with Gasteiger partial charge in [-0.3, -0.25) is 0 Å². The first kappa shape index (κ1) is 47.0. The fourth-order valence-corrected chi connectivity index (χ4v) is 14.0. The Morgan fingerprint density at radius 1 is 0.500 bits per heavy atom. The van der Waals surface area contributed by atoms with Gasteiger partial charge in [-0.25, -0.2) is 0 Å². The van der Waals surface area contributed by atoms with Crippen LogP contribution in [-0.2, 0) is 27.1 Å². The molecule has 0 saturated heterocycles. The first-order valence-electron chi connectivity index (χ1n) is 26.6. The Bertz CT molecular complexity index is 3700. The first-order chi connectivity index (χ1) is 33.8. The van der Waals surface area contributed by atoms with Crippen LogP contribution in [0.5, 0.6) is 0 Å². The molecule has 2 aromatic heterocycles. The fraction of sp³-hybridized carbons (Fsp3) is 0.343. The van der Waals surface area contributed by atoms with Crippen LogP contribution in [0.2, 0.25) is 0 Å². The quantitative estimate of drug-likeness (QED) is 0.163. The maximum Gasteiger partial charge on any atom is 0.252 e. The first-order valence-corrected chi connectivity index (χ1v) is 27.4. The normalized spacial score (nSPS) is 15.8. The van der Waals surface area contributed by atoms with Crippen LogP contribution in [-0.4, -0.2) is 11.3 Å². The number of anilines is 6. The molecule has 0 N–H and O–H groups in total. The summed E-state index contributed by atoms with van der Waals surface area (Å²) in [7, 11) is 0. The lowest BCUT2D eigenvalue weighted by Crippen LogP contribution is -2.60. The minimum atomic E-state index is -0.116. The number of benzene rings is 7. The van der Waals surface area contributed by atoms with Crippen molar-refractivity contribution >= 4 is 99.8 Å². The van der Waals surface area contributed by atoms with E-state index in [1.807, 2.05) is 11.3 Å². The monoisotopic (exact) mass is 962 g/mol. The van der Waals surface area contributed by atoms with Crippen LogP contribution in [0.4, 0.5) is 34.1 Å². The van der Waals surface area contributed by atoms with Crippen LogP contribution >= 0.6 is 11.3 Å². The Hall–Kier alpha value is -6.04. The molecule has 0 unspecified atom stereocenters. The topological polar surface area (TPSA) is 11.4 Å². The molecule has 9 aromatic rings. The summed E-state index contributed by atoms with van der Waals surface area (Å²) >= 11 is 1.94. The standard InChI is InChI=1S/C67H72BN3S/c1-39-32-42(63(4,5)6)24-28-52(39)69(53-29-25-43(33-40(53)2)64(7,8)9)45-26-27-50-55(37-45)70(54-38-49-48(34-41(54)3)66(13,14)30-31-67(49,15)16)56-35-44(65(10,11)12)36-57-59(56)68(50)51-22-19-21-47-60(51)71(57)61-46-20-17-18-23-58(46)72-62(47)61/h17-29,32-38H,30-31H2,1-16H3. The van der Waals surface area contributed by atoms with Crippen molar-refractivity contribution in [1.82, 2.24) is 4.57 Å². The van der Waals surface area contributed by atoms with Crippen molar-refractivity contribution in [3.8, 4) is 5.69 Å². The molecule has 0 spiro atoms. The molecule has 0 saturated carbocycles. The van der Waals surface area contributed by atoms with Crippen LogP contribution in [0.1, 0.15) is 147 Å². The summed E-state index contributed by atoms with van der Waals surface area (Å²) in [4.78, 5) is 5.28. The van der Waals surface area contributed by atoms with Crippen molar-refractivity contribution in [2.24, 2.45) is 0 Å². The van der Waals surface area contributed by atoms with E-state index in [2.05, 4.69) is 246 Å². The number of rotatable bonds is 4. The molecule has 364 valence electrons. The van der Waals surface area contributed by atoms with Gasteiger partial charge in [0, 0.05) is 55.3 Å². The number of hydrogen-bond acceptors (Lipinski definition) is 3. The third-order valence-electron chi connectivity index (χ3n) is 17.3. The smallest absolute Gasteiger partial charge is 0.252 e. The minimum Gasteiger partial charge on any atom is -0.311 e. The van der Waals surface area contributed by atoms with Crippen molar-refractivity contribution in [2.75, 3.05) is 9.80 Å². The largest absolute Gasteiger partial charge is 0.311 e. The molecule has 12 rings (SSSR count). The zero-order valence-corrected chi connectivity index (χ0v) is 46.6. The molecule has 0 atom stereocenters. The van der Waals surface area contributed by atoms with Crippen molar-refractivity contribution in [2.45, 2.75) is 151 Å². The molecule has 2 aliphatic heterocycles. The van der Waals surface area contributed by atoms with Crippen LogP contribution in [0.25, 0.3) is 36.9 Å². The highest BCUT2D eigenvalue weighted by Crippen LogP contribution is 2.53. The number of thiophene rings is 1. The van der Waals surface area contributed by atoms with Crippen LogP contribution in [0, 0.1) is 20.8 Å². The summed E-state index contributed by atoms with van der Waals surface area (Å²) in [5.74, 6) is 0. The molecule has 5 heteroatoms. The Kier molecular flexibility index (Phi) is 10.1. The van der Waals surface area contributed by atoms with Crippen LogP contribution in [0.3, 0.4) is 0 Å². The maximum atomic E-state index is 2.72. The SMILES string of the molecule is Cc1cc(C(C)(C)C)ccc1N(c1ccc2c(c1)N(c1cc3c(cc1C)C(C)(C)CCC3(C)C)c1cc(C(C)(C)C)cc3c1B2c1cccc2c4sc5ccccc5c4n-3c12)c1ccc(C(C)(C)C)cc1C. The van der Waals surface area contributed by atoms with Crippen LogP contribution in [0.15, 0.2) is 121 Å². The van der Waals surface area contributed by atoms with E-state index in [1.54, 1.807) is 0 Å². The Balaban J connectivity index is 1.21. The second-order valence-corrected chi connectivity index (χ2v) is 27.4. The number of fused-ring (bicyclic) bond motifs is 10. The van der Waals surface area contributed by atoms with E-state index in [0.717, 1.165) is 12.1 Å². The molecule has 7 aromatic carbocycles. The number of para-hydroxylation sites is 1. The van der Waals surface area contributed by atoms with Gasteiger partial charge in [0.25, 0.3) is 6.71 Å². The maximum absolute atomic E-state index is 2.72. The average Bonchev–Trinajstić information content (AvgIpc) is 3.85. The van der Waals surface area contributed by atoms with E-state index in [0.29, 0.717) is 0 Å². The minimum absolute atomic E-state index is 0.0261. The van der Waals surface area contributed by atoms with Gasteiger partial charge in [0.15, 0.2) is 0 Å². The summed E-state index contributed by atoms with van der Waals surface area (Å²) in [6.07, 6.45) is 2.34. The molecule has 0 fully saturated rings. The van der Waals surface area contributed by atoms with Gasteiger partial charge in [-0.2, -0.15) is 0 Å². The van der Waals surface area contributed by atoms with E-state index in [-0.39, 0.29) is 33.8 Å². The predicted octanol–water partition coefficient (Wildman–Crippen LogP) is 17.2. The van der Waals surface area contributed by atoms with Gasteiger partial charge in [0.2, 0.25) is 0 Å². The second kappa shape index (κ2) is 15.5. The van der Waals surface area contributed by atoms with Gasteiger partial charge < -0.3 is 14.4 Å². The third kappa shape index (κ3) is 6.95.